The largest absolute Gasteiger partial charge is 0.480 e. The standard InChI is InChI=1S/C12H21N3O5/c1-20-9-4-2-3-7(9)14-12(19)15-8(11(17)18)5-6-10(13)16/h7-9H,2-6H2,1H3,(H2,13,16)(H,17,18)(H2,14,15,19)/t7?,8-,9?/m0/s1. The number of nitrogens with two attached hydrogens (primary N) is 1. The van der Waals surface area contributed by atoms with Crippen LogP contribution in [0.4, 0.5) is 4.79 Å². The third kappa shape index (κ3) is 5.04. The third-order valence-corrected chi connectivity index (χ3v) is 3.35. The van der Waals surface area contributed by atoms with E-state index in [1.54, 1.807) is 7.11 Å². The summed E-state index contributed by atoms with van der Waals surface area (Å²) in [7, 11) is 1.58. The van der Waals surface area contributed by atoms with Crippen LogP contribution in [0.25, 0.3) is 0 Å². The van der Waals surface area contributed by atoms with E-state index in [0.717, 1.165) is 19.3 Å². The lowest BCUT2D eigenvalue weighted by molar-refractivity contribution is -0.139. The van der Waals surface area contributed by atoms with E-state index >= 15 is 0 Å². The second kappa shape index (κ2) is 7.68. The van der Waals surface area contributed by atoms with Crippen LogP contribution in [0.1, 0.15) is 32.1 Å². The van der Waals surface area contributed by atoms with Crippen molar-refractivity contribution in [3.8, 4) is 0 Å². The summed E-state index contributed by atoms with van der Waals surface area (Å²) in [5, 5.41) is 14.0. The molecule has 1 aliphatic rings. The number of aliphatic carboxylic acids is 1. The van der Waals surface area contributed by atoms with Gasteiger partial charge >= 0.3 is 12.0 Å². The highest BCUT2D eigenvalue weighted by Gasteiger charge is 2.29. The number of carbonyl (C=O) groups is 3. The van der Waals surface area contributed by atoms with Crippen molar-refractivity contribution in [2.24, 2.45) is 5.73 Å². The summed E-state index contributed by atoms with van der Waals surface area (Å²) in [6, 6.07) is -1.83. The molecule has 1 fully saturated rings. The van der Waals surface area contributed by atoms with E-state index in [-0.39, 0.29) is 25.0 Å². The van der Waals surface area contributed by atoms with Crippen LogP contribution < -0.4 is 16.4 Å². The number of carboxylic acid groups (broad SMARTS) is 1. The number of rotatable bonds is 7. The number of amides is 3. The van der Waals surface area contributed by atoms with Gasteiger partial charge in [0.15, 0.2) is 0 Å². The van der Waals surface area contributed by atoms with E-state index in [4.69, 9.17) is 15.6 Å². The number of carbonyl (C=O) groups excluding carboxylic acids is 2. The molecule has 3 amide bonds. The molecule has 0 aliphatic heterocycles. The van der Waals surface area contributed by atoms with Gasteiger partial charge in [0, 0.05) is 13.5 Å². The summed E-state index contributed by atoms with van der Waals surface area (Å²) < 4.78 is 5.24. The molecule has 1 saturated carbocycles. The average molecular weight is 287 g/mol. The second-order valence-electron chi connectivity index (χ2n) is 4.83. The summed E-state index contributed by atoms with van der Waals surface area (Å²) in [6.07, 6.45) is 2.44. The predicted molar refractivity (Wildman–Crippen MR) is 70.0 cm³/mol. The minimum Gasteiger partial charge on any atom is -0.480 e. The Morgan fingerprint density at radius 3 is 2.65 bits per heavy atom. The third-order valence-electron chi connectivity index (χ3n) is 3.35. The highest BCUT2D eigenvalue weighted by Crippen LogP contribution is 2.21. The summed E-state index contributed by atoms with van der Waals surface area (Å²) >= 11 is 0. The monoisotopic (exact) mass is 287 g/mol. The lowest BCUT2D eigenvalue weighted by Gasteiger charge is -2.21. The fourth-order valence-electron chi connectivity index (χ4n) is 2.29. The molecule has 3 atom stereocenters. The Morgan fingerprint density at radius 1 is 1.40 bits per heavy atom. The molecule has 20 heavy (non-hydrogen) atoms. The van der Waals surface area contributed by atoms with E-state index in [9.17, 15) is 14.4 Å². The van der Waals surface area contributed by atoms with Crippen molar-refractivity contribution < 1.29 is 24.2 Å². The van der Waals surface area contributed by atoms with Gasteiger partial charge in [0.05, 0.1) is 12.1 Å². The van der Waals surface area contributed by atoms with Crippen molar-refractivity contribution >= 4 is 17.9 Å². The number of carboxylic acids is 1. The molecule has 0 aromatic rings. The minimum atomic E-state index is -1.20. The van der Waals surface area contributed by atoms with Gasteiger partial charge in [-0.3, -0.25) is 4.79 Å². The Kier molecular flexibility index (Phi) is 6.23. The topological polar surface area (TPSA) is 131 Å². The minimum absolute atomic E-state index is 0.0313. The van der Waals surface area contributed by atoms with Crippen LogP contribution >= 0.6 is 0 Å². The number of hydrogen-bond donors (Lipinski definition) is 4. The molecule has 0 aromatic carbocycles. The van der Waals surface area contributed by atoms with E-state index in [1.165, 1.54) is 0 Å². The molecule has 5 N–H and O–H groups in total. The van der Waals surface area contributed by atoms with E-state index in [0.29, 0.717) is 0 Å². The average Bonchev–Trinajstić information content (AvgIpc) is 2.80. The molecule has 114 valence electrons. The van der Waals surface area contributed by atoms with Crippen molar-refractivity contribution in [2.75, 3.05) is 7.11 Å². The molecule has 8 heteroatoms. The number of urea groups is 1. The van der Waals surface area contributed by atoms with Crippen LogP contribution in [0.5, 0.6) is 0 Å². The molecular formula is C12H21N3O5. The van der Waals surface area contributed by atoms with Gasteiger partial charge in [0.1, 0.15) is 6.04 Å². The first-order valence-electron chi connectivity index (χ1n) is 6.55. The molecule has 0 aromatic heterocycles. The number of primary amides is 1. The van der Waals surface area contributed by atoms with Crippen LogP contribution in [0.3, 0.4) is 0 Å². The van der Waals surface area contributed by atoms with Crippen molar-refractivity contribution in [3.63, 3.8) is 0 Å². The van der Waals surface area contributed by atoms with E-state index in [2.05, 4.69) is 10.6 Å². The van der Waals surface area contributed by atoms with Crippen molar-refractivity contribution in [1.82, 2.24) is 10.6 Å². The van der Waals surface area contributed by atoms with E-state index < -0.39 is 23.9 Å². The molecule has 2 unspecified atom stereocenters. The SMILES string of the molecule is COC1CCCC1NC(=O)N[C@@H](CCC(N)=O)C(=O)O. The fraction of sp³-hybridized carbons (Fsp3) is 0.750. The molecule has 0 radical (unpaired) electrons. The Balaban J connectivity index is 2.45. The smallest absolute Gasteiger partial charge is 0.326 e. The van der Waals surface area contributed by atoms with Gasteiger partial charge in [0.25, 0.3) is 0 Å². The summed E-state index contributed by atoms with van der Waals surface area (Å²) in [5.74, 6) is -1.80. The molecule has 8 nitrogen and oxygen atoms in total. The van der Waals surface area contributed by atoms with Crippen molar-refractivity contribution in [1.29, 1.82) is 0 Å². The van der Waals surface area contributed by atoms with Crippen molar-refractivity contribution in [3.05, 3.63) is 0 Å². The summed E-state index contributed by atoms with van der Waals surface area (Å²) in [6.45, 7) is 0. The quantitative estimate of drug-likeness (QED) is 0.504. The lowest BCUT2D eigenvalue weighted by atomic mass is 10.1. The predicted octanol–water partition coefficient (Wildman–Crippen LogP) is -0.428. The fourth-order valence-corrected chi connectivity index (χ4v) is 2.29. The van der Waals surface area contributed by atoms with Gasteiger partial charge < -0.3 is 26.2 Å². The first kappa shape index (κ1) is 16.2. The molecule has 0 saturated heterocycles. The zero-order valence-electron chi connectivity index (χ0n) is 11.4. The Bertz CT molecular complexity index is 374. The molecule has 1 rings (SSSR count). The first-order valence-corrected chi connectivity index (χ1v) is 6.55. The number of nitrogens with one attached hydrogen (secondary N) is 2. The van der Waals surface area contributed by atoms with Gasteiger partial charge in [-0.05, 0) is 25.7 Å². The number of hydrogen-bond acceptors (Lipinski definition) is 4. The maximum atomic E-state index is 11.8. The first-order chi connectivity index (χ1) is 9.43. The molecule has 0 bridgehead atoms. The summed E-state index contributed by atoms with van der Waals surface area (Å²) in [5.41, 5.74) is 4.96. The molecular weight excluding hydrogens is 266 g/mol. The normalized spacial score (nSPS) is 23.1. The van der Waals surface area contributed by atoms with Crippen LogP contribution in [-0.2, 0) is 14.3 Å². The Morgan fingerprint density at radius 2 is 2.10 bits per heavy atom. The van der Waals surface area contributed by atoms with Crippen LogP contribution in [0.2, 0.25) is 0 Å². The molecule has 0 heterocycles. The molecule has 1 aliphatic carbocycles. The second-order valence-corrected chi connectivity index (χ2v) is 4.83. The van der Waals surface area contributed by atoms with Gasteiger partial charge in [-0.15, -0.1) is 0 Å². The number of ether oxygens (including phenoxy) is 1. The van der Waals surface area contributed by atoms with Crippen molar-refractivity contribution in [2.45, 2.75) is 50.3 Å². The van der Waals surface area contributed by atoms with Gasteiger partial charge in [0.2, 0.25) is 5.91 Å². The highest BCUT2D eigenvalue weighted by atomic mass is 16.5. The van der Waals surface area contributed by atoms with Crippen LogP contribution in [0.15, 0.2) is 0 Å². The Hall–Kier alpha value is -1.83. The maximum Gasteiger partial charge on any atom is 0.326 e. The number of methoxy groups -OCH3 is 1. The van der Waals surface area contributed by atoms with E-state index in [1.807, 2.05) is 0 Å². The maximum absolute atomic E-state index is 11.8. The zero-order chi connectivity index (χ0) is 15.1. The van der Waals surface area contributed by atoms with Gasteiger partial charge in [-0.25, -0.2) is 9.59 Å². The van der Waals surface area contributed by atoms with Crippen LogP contribution in [0, 0.1) is 0 Å². The zero-order valence-corrected chi connectivity index (χ0v) is 11.4. The lowest BCUT2D eigenvalue weighted by Crippen LogP contribution is -2.51. The Labute approximate surface area is 117 Å². The highest BCUT2D eigenvalue weighted by molar-refractivity contribution is 5.83. The summed E-state index contributed by atoms with van der Waals surface area (Å²) in [4.78, 5) is 33.4. The van der Waals surface area contributed by atoms with Gasteiger partial charge in [-0.2, -0.15) is 0 Å². The molecule has 0 spiro atoms. The van der Waals surface area contributed by atoms with Crippen LogP contribution in [-0.4, -0.2) is 48.3 Å². The van der Waals surface area contributed by atoms with Gasteiger partial charge in [-0.1, -0.05) is 0 Å².